The molecule has 2 rings (SSSR count). The number of urea groups is 1. The molecule has 8 heteroatoms. The molecule has 0 unspecified atom stereocenters. The Morgan fingerprint density at radius 1 is 1.39 bits per heavy atom. The van der Waals surface area contributed by atoms with Crippen molar-refractivity contribution in [1.29, 1.82) is 0 Å². The van der Waals surface area contributed by atoms with Crippen LogP contribution in [0.4, 0.5) is 10.5 Å². The van der Waals surface area contributed by atoms with Gasteiger partial charge in [-0.25, -0.2) is 9.48 Å². The van der Waals surface area contributed by atoms with E-state index >= 15 is 0 Å². The third kappa shape index (κ3) is 4.46. The minimum Gasteiger partial charge on any atom is -0.481 e. The van der Waals surface area contributed by atoms with Gasteiger partial charge >= 0.3 is 12.0 Å². The maximum atomic E-state index is 11.8. The predicted octanol–water partition coefficient (Wildman–Crippen LogP) is 2.68. The van der Waals surface area contributed by atoms with Gasteiger partial charge < -0.3 is 15.7 Å². The summed E-state index contributed by atoms with van der Waals surface area (Å²) in [6.07, 6.45) is 2.07. The molecule has 0 fully saturated rings. The minimum atomic E-state index is -0.965. The number of rotatable bonds is 6. The molecule has 7 nitrogen and oxygen atoms in total. The van der Waals surface area contributed by atoms with Crippen molar-refractivity contribution in [3.05, 3.63) is 41.2 Å². The molecule has 1 aromatic heterocycles. The van der Waals surface area contributed by atoms with Gasteiger partial charge in [-0.2, -0.15) is 5.10 Å². The summed E-state index contributed by atoms with van der Waals surface area (Å²) in [6.45, 7) is 2.01. The van der Waals surface area contributed by atoms with E-state index in [1.165, 1.54) is 0 Å². The molecular weight excluding hydrogens is 320 g/mol. The zero-order valence-electron chi connectivity index (χ0n) is 12.5. The normalized spacial score (nSPS) is 10.3. The Morgan fingerprint density at radius 2 is 2.17 bits per heavy atom. The number of carbonyl (C=O) groups is 2. The standard InChI is InChI=1S/C15H17ClN4O3/c1-2-13-12(19-15(23)17-7-6-14(21)22)9-18-20(13)11-5-3-4-10(16)8-11/h3-5,8-9H,2,6-7H2,1H3,(H,21,22)(H2,17,19,23). The van der Waals surface area contributed by atoms with Crippen molar-refractivity contribution >= 4 is 29.3 Å². The fourth-order valence-electron chi connectivity index (χ4n) is 2.10. The van der Waals surface area contributed by atoms with Gasteiger partial charge in [0.1, 0.15) is 0 Å². The van der Waals surface area contributed by atoms with Crippen LogP contribution in [0.3, 0.4) is 0 Å². The van der Waals surface area contributed by atoms with E-state index in [4.69, 9.17) is 16.7 Å². The van der Waals surface area contributed by atoms with Gasteiger partial charge in [0, 0.05) is 11.6 Å². The van der Waals surface area contributed by atoms with Crippen LogP contribution in [-0.4, -0.2) is 33.4 Å². The first kappa shape index (κ1) is 16.8. The summed E-state index contributed by atoms with van der Waals surface area (Å²) in [5, 5.41) is 18.6. The number of aromatic nitrogens is 2. The molecule has 0 bridgehead atoms. The van der Waals surface area contributed by atoms with Gasteiger partial charge in [0.15, 0.2) is 0 Å². The predicted molar refractivity (Wildman–Crippen MR) is 87.2 cm³/mol. The van der Waals surface area contributed by atoms with E-state index in [-0.39, 0.29) is 13.0 Å². The molecule has 0 spiro atoms. The number of benzene rings is 1. The molecule has 2 aromatic rings. The van der Waals surface area contributed by atoms with E-state index in [2.05, 4.69) is 15.7 Å². The number of carbonyl (C=O) groups excluding carboxylic acids is 1. The van der Waals surface area contributed by atoms with Crippen LogP contribution < -0.4 is 10.6 Å². The molecule has 1 aromatic carbocycles. The molecule has 122 valence electrons. The lowest BCUT2D eigenvalue weighted by Gasteiger charge is -2.09. The minimum absolute atomic E-state index is 0.0606. The van der Waals surface area contributed by atoms with Crippen molar-refractivity contribution in [2.45, 2.75) is 19.8 Å². The quantitative estimate of drug-likeness (QED) is 0.755. The smallest absolute Gasteiger partial charge is 0.319 e. The molecule has 0 saturated carbocycles. The van der Waals surface area contributed by atoms with Crippen molar-refractivity contribution < 1.29 is 14.7 Å². The van der Waals surface area contributed by atoms with Gasteiger partial charge in [-0.05, 0) is 24.6 Å². The van der Waals surface area contributed by atoms with Gasteiger partial charge in [0.05, 0.1) is 29.7 Å². The van der Waals surface area contributed by atoms with E-state index in [0.717, 1.165) is 11.4 Å². The number of nitrogens with zero attached hydrogens (tertiary/aromatic N) is 2. The summed E-state index contributed by atoms with van der Waals surface area (Å²) >= 11 is 6.00. The lowest BCUT2D eigenvalue weighted by Crippen LogP contribution is -2.30. The summed E-state index contributed by atoms with van der Waals surface area (Å²) in [7, 11) is 0. The summed E-state index contributed by atoms with van der Waals surface area (Å²) in [5.74, 6) is -0.965. The largest absolute Gasteiger partial charge is 0.481 e. The highest BCUT2D eigenvalue weighted by atomic mass is 35.5. The zero-order valence-corrected chi connectivity index (χ0v) is 13.3. The number of aliphatic carboxylic acids is 1. The van der Waals surface area contributed by atoms with Crippen molar-refractivity contribution in [3.63, 3.8) is 0 Å². The molecular formula is C15H17ClN4O3. The highest BCUT2D eigenvalue weighted by molar-refractivity contribution is 6.30. The van der Waals surface area contributed by atoms with Gasteiger partial charge in [-0.1, -0.05) is 24.6 Å². The monoisotopic (exact) mass is 336 g/mol. The number of hydrogen-bond donors (Lipinski definition) is 3. The van der Waals surface area contributed by atoms with Crippen LogP contribution in [0, 0.1) is 0 Å². The number of amides is 2. The van der Waals surface area contributed by atoms with Crippen LogP contribution in [0.5, 0.6) is 0 Å². The molecule has 0 aliphatic rings. The number of anilines is 1. The lowest BCUT2D eigenvalue weighted by atomic mass is 10.2. The van der Waals surface area contributed by atoms with Crippen molar-refractivity contribution in [2.75, 3.05) is 11.9 Å². The molecule has 3 N–H and O–H groups in total. The fourth-order valence-corrected chi connectivity index (χ4v) is 2.28. The number of halogens is 1. The highest BCUT2D eigenvalue weighted by Crippen LogP contribution is 2.22. The lowest BCUT2D eigenvalue weighted by molar-refractivity contribution is -0.136. The number of hydrogen-bond acceptors (Lipinski definition) is 3. The Bertz CT molecular complexity index is 714. The van der Waals surface area contributed by atoms with E-state index < -0.39 is 12.0 Å². The van der Waals surface area contributed by atoms with Crippen LogP contribution in [0.1, 0.15) is 19.0 Å². The first-order valence-electron chi connectivity index (χ1n) is 7.10. The molecule has 0 aliphatic carbocycles. The first-order chi connectivity index (χ1) is 11.0. The SMILES string of the molecule is CCc1c(NC(=O)NCCC(=O)O)cnn1-c1cccc(Cl)c1. The molecule has 0 radical (unpaired) electrons. The van der Waals surface area contributed by atoms with Gasteiger partial charge in [0.25, 0.3) is 0 Å². The molecule has 0 saturated heterocycles. The Balaban J connectivity index is 2.12. The number of nitrogens with one attached hydrogen (secondary N) is 2. The topological polar surface area (TPSA) is 96.2 Å². The zero-order chi connectivity index (χ0) is 16.8. The Hall–Kier alpha value is -2.54. The van der Waals surface area contributed by atoms with Gasteiger partial charge in [0.2, 0.25) is 0 Å². The van der Waals surface area contributed by atoms with Crippen LogP contribution in [0.15, 0.2) is 30.5 Å². The summed E-state index contributed by atoms with van der Waals surface area (Å²) < 4.78 is 1.71. The molecule has 2 amide bonds. The molecule has 0 atom stereocenters. The average molecular weight is 337 g/mol. The maximum Gasteiger partial charge on any atom is 0.319 e. The summed E-state index contributed by atoms with van der Waals surface area (Å²) in [6, 6.07) is 6.78. The van der Waals surface area contributed by atoms with Crippen LogP contribution in [0.2, 0.25) is 5.02 Å². The van der Waals surface area contributed by atoms with Crippen LogP contribution in [-0.2, 0) is 11.2 Å². The van der Waals surface area contributed by atoms with E-state index in [9.17, 15) is 9.59 Å². The van der Waals surface area contributed by atoms with Crippen LogP contribution >= 0.6 is 11.6 Å². The van der Waals surface area contributed by atoms with E-state index in [1.54, 1.807) is 23.0 Å². The van der Waals surface area contributed by atoms with Gasteiger partial charge in [-0.15, -0.1) is 0 Å². The third-order valence-electron chi connectivity index (χ3n) is 3.13. The highest BCUT2D eigenvalue weighted by Gasteiger charge is 2.13. The third-order valence-corrected chi connectivity index (χ3v) is 3.36. The Morgan fingerprint density at radius 3 is 2.83 bits per heavy atom. The number of carboxylic acid groups (broad SMARTS) is 1. The Kier molecular flexibility index (Phi) is 5.59. The van der Waals surface area contributed by atoms with E-state index in [1.807, 2.05) is 19.1 Å². The van der Waals surface area contributed by atoms with Crippen LogP contribution in [0.25, 0.3) is 5.69 Å². The number of carboxylic acids is 1. The van der Waals surface area contributed by atoms with E-state index in [0.29, 0.717) is 17.1 Å². The molecule has 23 heavy (non-hydrogen) atoms. The second-order valence-corrected chi connectivity index (χ2v) is 5.21. The van der Waals surface area contributed by atoms with Crippen molar-refractivity contribution in [1.82, 2.24) is 15.1 Å². The first-order valence-corrected chi connectivity index (χ1v) is 7.48. The average Bonchev–Trinajstić information content (AvgIpc) is 2.89. The van der Waals surface area contributed by atoms with Crippen molar-refractivity contribution in [2.24, 2.45) is 0 Å². The molecule has 1 heterocycles. The second kappa shape index (κ2) is 7.64. The maximum absolute atomic E-state index is 11.8. The molecule has 0 aliphatic heterocycles. The Labute approximate surface area is 138 Å². The fraction of sp³-hybridized carbons (Fsp3) is 0.267. The van der Waals surface area contributed by atoms with Gasteiger partial charge in [-0.3, -0.25) is 4.79 Å². The summed E-state index contributed by atoms with van der Waals surface area (Å²) in [4.78, 5) is 22.2. The summed E-state index contributed by atoms with van der Waals surface area (Å²) in [5.41, 5.74) is 2.19. The second-order valence-electron chi connectivity index (χ2n) is 4.77. The van der Waals surface area contributed by atoms with Crippen molar-refractivity contribution in [3.8, 4) is 5.69 Å².